The second-order valence-electron chi connectivity index (χ2n) is 3.10. The highest BCUT2D eigenvalue weighted by Gasteiger charge is 2.06. The molecule has 0 aromatic carbocycles. The van der Waals surface area contributed by atoms with Crippen LogP contribution < -0.4 is 0 Å². The molecule has 0 saturated heterocycles. The maximum absolute atomic E-state index is 5.23. The number of nitrogens with zero attached hydrogens (tertiary/aromatic N) is 1. The molecule has 0 aliphatic carbocycles. The van der Waals surface area contributed by atoms with Gasteiger partial charge in [0.25, 0.3) is 0 Å². The van der Waals surface area contributed by atoms with Crippen LogP contribution in [0.4, 0.5) is 0 Å². The van der Waals surface area contributed by atoms with Gasteiger partial charge in [0.15, 0.2) is 0 Å². The third kappa shape index (κ3) is 6.33. The summed E-state index contributed by atoms with van der Waals surface area (Å²) in [4.78, 5) is 2.28. The Morgan fingerprint density at radius 1 is 1.23 bits per heavy atom. The maximum Gasteiger partial charge on any atom is 0.136 e. The molecule has 0 aliphatic rings. The Morgan fingerprint density at radius 2 is 1.69 bits per heavy atom. The van der Waals surface area contributed by atoms with Crippen LogP contribution in [0.25, 0.3) is 0 Å². The summed E-state index contributed by atoms with van der Waals surface area (Å²) < 4.78 is 0.946. The van der Waals surface area contributed by atoms with Crippen LogP contribution in [0, 0.1) is 6.26 Å². The molecule has 0 unspecified atom stereocenters. The predicted octanol–water partition coefficient (Wildman–Crippen LogP) is 3.70. The lowest BCUT2D eigenvalue weighted by atomic mass is 10.3. The minimum absolute atomic E-state index is 0.946. The molecule has 0 aromatic rings. The Morgan fingerprint density at radius 3 is 2.00 bits per heavy atom. The van der Waals surface area contributed by atoms with Gasteiger partial charge in [-0.2, -0.15) is 0 Å². The first-order valence-corrected chi connectivity index (χ1v) is 6.36. The van der Waals surface area contributed by atoms with E-state index in [-0.39, 0.29) is 0 Å². The standard InChI is InChI=1S/C10H20NS2/c1-4-6-8-11(9-7-5-2)10(12)13-3/h3-9H2,1-2H3. The van der Waals surface area contributed by atoms with Gasteiger partial charge in [-0.1, -0.05) is 50.7 Å². The number of hydrogen-bond acceptors (Lipinski definition) is 2. The van der Waals surface area contributed by atoms with Crippen LogP contribution in [0.3, 0.4) is 0 Å². The second-order valence-corrected chi connectivity index (χ2v) is 4.42. The number of rotatable bonds is 6. The van der Waals surface area contributed by atoms with Gasteiger partial charge in [-0.05, 0) is 12.8 Å². The normalized spacial score (nSPS) is 10.1. The molecule has 0 saturated carbocycles. The highest BCUT2D eigenvalue weighted by molar-refractivity contribution is 8.23. The first-order valence-electron chi connectivity index (χ1n) is 4.97. The molecule has 0 fully saturated rings. The van der Waals surface area contributed by atoms with Gasteiger partial charge in [0, 0.05) is 19.3 Å². The highest BCUT2D eigenvalue weighted by atomic mass is 32.2. The molecule has 13 heavy (non-hydrogen) atoms. The zero-order valence-electron chi connectivity index (χ0n) is 8.71. The molecule has 0 aliphatic heterocycles. The fourth-order valence-electron chi connectivity index (χ4n) is 1.08. The van der Waals surface area contributed by atoms with Crippen molar-refractivity contribution in [1.29, 1.82) is 0 Å². The zero-order chi connectivity index (χ0) is 10.1. The quantitative estimate of drug-likeness (QED) is 0.626. The van der Waals surface area contributed by atoms with Crippen LogP contribution in [-0.2, 0) is 0 Å². The van der Waals surface area contributed by atoms with E-state index in [0.29, 0.717) is 0 Å². The Bertz CT molecular complexity index is 129. The minimum Gasteiger partial charge on any atom is -0.358 e. The third-order valence-corrected chi connectivity index (χ3v) is 3.06. The molecule has 77 valence electrons. The fraction of sp³-hybridized carbons (Fsp3) is 0.800. The first-order chi connectivity index (χ1) is 6.26. The summed E-state index contributed by atoms with van der Waals surface area (Å²) in [5.41, 5.74) is 0. The number of hydrogen-bond donors (Lipinski definition) is 0. The Kier molecular flexibility index (Phi) is 8.98. The van der Waals surface area contributed by atoms with E-state index in [1.165, 1.54) is 37.4 Å². The van der Waals surface area contributed by atoms with E-state index >= 15 is 0 Å². The average molecular weight is 218 g/mol. The Balaban J connectivity index is 3.79. The lowest BCUT2D eigenvalue weighted by Gasteiger charge is -2.23. The van der Waals surface area contributed by atoms with E-state index in [4.69, 9.17) is 12.2 Å². The van der Waals surface area contributed by atoms with Gasteiger partial charge < -0.3 is 4.90 Å². The topological polar surface area (TPSA) is 3.24 Å². The van der Waals surface area contributed by atoms with Gasteiger partial charge in [-0.3, -0.25) is 0 Å². The smallest absolute Gasteiger partial charge is 0.136 e. The molecule has 3 heteroatoms. The molecule has 0 aromatic heterocycles. The van der Waals surface area contributed by atoms with Crippen molar-refractivity contribution in [1.82, 2.24) is 4.90 Å². The molecule has 1 nitrogen and oxygen atoms in total. The molecule has 0 N–H and O–H groups in total. The molecule has 1 radical (unpaired) electrons. The van der Waals surface area contributed by atoms with Crippen LogP contribution in [0.15, 0.2) is 0 Å². The summed E-state index contributed by atoms with van der Waals surface area (Å²) >= 11 is 6.67. The first kappa shape index (κ1) is 13.2. The van der Waals surface area contributed by atoms with E-state index in [1.54, 1.807) is 0 Å². The summed E-state index contributed by atoms with van der Waals surface area (Å²) in [5, 5.41) is 0. The van der Waals surface area contributed by atoms with E-state index in [0.717, 1.165) is 17.4 Å². The van der Waals surface area contributed by atoms with Crippen molar-refractivity contribution >= 4 is 28.3 Å². The number of thiocarbonyl (C=S) groups is 1. The monoisotopic (exact) mass is 218 g/mol. The average Bonchev–Trinajstić information content (AvgIpc) is 2.17. The summed E-state index contributed by atoms with van der Waals surface area (Å²) in [5.74, 6) is 0. The van der Waals surface area contributed by atoms with E-state index in [1.807, 2.05) is 0 Å². The second kappa shape index (κ2) is 8.82. The van der Waals surface area contributed by atoms with Gasteiger partial charge in [-0.15, -0.1) is 0 Å². The summed E-state index contributed by atoms with van der Waals surface area (Å²) in [7, 11) is 0. The van der Waals surface area contributed by atoms with Crippen LogP contribution in [0.5, 0.6) is 0 Å². The number of unbranched alkanes of at least 4 members (excludes halogenated alkanes) is 2. The van der Waals surface area contributed by atoms with Crippen LogP contribution in [0.2, 0.25) is 0 Å². The molecule has 0 rings (SSSR count). The van der Waals surface area contributed by atoms with Crippen molar-refractivity contribution in [3.63, 3.8) is 0 Å². The molecule has 0 spiro atoms. The number of thioether (sulfide) groups is 1. The largest absolute Gasteiger partial charge is 0.358 e. The summed E-state index contributed by atoms with van der Waals surface area (Å²) in [6, 6.07) is 0. The third-order valence-electron chi connectivity index (χ3n) is 1.94. The summed E-state index contributed by atoms with van der Waals surface area (Å²) in [6.45, 7) is 6.60. The molecule has 0 bridgehead atoms. The fourth-order valence-corrected chi connectivity index (χ4v) is 1.63. The Labute approximate surface area is 92.3 Å². The predicted molar refractivity (Wildman–Crippen MR) is 66.9 cm³/mol. The van der Waals surface area contributed by atoms with Crippen molar-refractivity contribution in [2.45, 2.75) is 39.5 Å². The van der Waals surface area contributed by atoms with Crippen molar-refractivity contribution < 1.29 is 0 Å². The van der Waals surface area contributed by atoms with Crippen molar-refractivity contribution in [2.75, 3.05) is 13.1 Å². The SMILES string of the molecule is [CH2]SC(=S)N(CCCC)CCCC. The zero-order valence-corrected chi connectivity index (χ0v) is 10.3. The van der Waals surface area contributed by atoms with E-state index < -0.39 is 0 Å². The molecule has 0 amide bonds. The van der Waals surface area contributed by atoms with Crippen LogP contribution in [0.1, 0.15) is 39.5 Å². The molecular formula is C10H20NS2. The van der Waals surface area contributed by atoms with Crippen molar-refractivity contribution in [3.05, 3.63) is 6.26 Å². The van der Waals surface area contributed by atoms with Crippen molar-refractivity contribution in [3.8, 4) is 0 Å². The van der Waals surface area contributed by atoms with Crippen LogP contribution in [-0.4, -0.2) is 22.3 Å². The van der Waals surface area contributed by atoms with Gasteiger partial charge in [0.1, 0.15) is 4.32 Å². The lowest BCUT2D eigenvalue weighted by Crippen LogP contribution is -2.29. The van der Waals surface area contributed by atoms with Gasteiger partial charge >= 0.3 is 0 Å². The van der Waals surface area contributed by atoms with Gasteiger partial charge in [0.2, 0.25) is 0 Å². The lowest BCUT2D eigenvalue weighted by molar-refractivity contribution is 0.411. The summed E-state index contributed by atoms with van der Waals surface area (Å²) in [6.07, 6.45) is 8.67. The maximum atomic E-state index is 5.23. The van der Waals surface area contributed by atoms with E-state index in [9.17, 15) is 0 Å². The van der Waals surface area contributed by atoms with Gasteiger partial charge in [0.05, 0.1) is 0 Å². The van der Waals surface area contributed by atoms with Crippen molar-refractivity contribution in [2.24, 2.45) is 0 Å². The van der Waals surface area contributed by atoms with Gasteiger partial charge in [-0.25, -0.2) is 0 Å². The minimum atomic E-state index is 0.946. The van der Waals surface area contributed by atoms with E-state index in [2.05, 4.69) is 25.0 Å². The molecule has 0 atom stereocenters. The Hall–Kier alpha value is 0.240. The highest BCUT2D eigenvalue weighted by Crippen LogP contribution is 2.09. The molecule has 0 heterocycles. The van der Waals surface area contributed by atoms with Crippen LogP contribution >= 0.6 is 24.0 Å². The molecular weight excluding hydrogens is 198 g/mol.